The van der Waals surface area contributed by atoms with Crippen molar-refractivity contribution in [3.8, 4) is 0 Å². The minimum Gasteiger partial charge on any atom is -0.463 e. The van der Waals surface area contributed by atoms with E-state index in [9.17, 15) is 4.79 Å². The summed E-state index contributed by atoms with van der Waals surface area (Å²) >= 11 is 0. The summed E-state index contributed by atoms with van der Waals surface area (Å²) in [5.74, 6) is 0.537. The Morgan fingerprint density at radius 1 is 1.60 bits per heavy atom. The molecule has 20 heavy (non-hydrogen) atoms. The summed E-state index contributed by atoms with van der Waals surface area (Å²) in [4.78, 5) is 15.6. The third-order valence-electron chi connectivity index (χ3n) is 3.13. The Labute approximate surface area is 119 Å². The van der Waals surface area contributed by atoms with Crippen LogP contribution in [0.3, 0.4) is 0 Å². The van der Waals surface area contributed by atoms with Gasteiger partial charge in [0.25, 0.3) is 0 Å². The molecule has 0 amide bonds. The van der Waals surface area contributed by atoms with Crippen molar-refractivity contribution < 1.29 is 9.53 Å². The highest BCUT2D eigenvalue weighted by atomic mass is 16.5. The fourth-order valence-electron chi connectivity index (χ4n) is 2.13. The number of aromatic nitrogens is 1. The zero-order chi connectivity index (χ0) is 14.2. The molecule has 0 saturated carbocycles. The summed E-state index contributed by atoms with van der Waals surface area (Å²) in [6.07, 6.45) is 7.22. The molecule has 1 atom stereocenters. The van der Waals surface area contributed by atoms with Crippen LogP contribution in [0.4, 0.5) is 5.82 Å². The number of nitrogens with one attached hydrogen (secondary N) is 2. The van der Waals surface area contributed by atoms with Crippen molar-refractivity contribution in [1.82, 2.24) is 10.3 Å². The molecule has 2 N–H and O–H groups in total. The number of hydrogen-bond donors (Lipinski definition) is 2. The van der Waals surface area contributed by atoms with Crippen molar-refractivity contribution in [3.05, 3.63) is 30.0 Å². The zero-order valence-electron chi connectivity index (χ0n) is 11.8. The van der Waals surface area contributed by atoms with E-state index in [1.165, 1.54) is 18.9 Å². The molecule has 5 heteroatoms. The number of esters is 1. The summed E-state index contributed by atoms with van der Waals surface area (Å²) in [5, 5.41) is 6.76. The molecule has 108 valence electrons. The first-order valence-corrected chi connectivity index (χ1v) is 7.06. The van der Waals surface area contributed by atoms with E-state index >= 15 is 0 Å². The first-order valence-electron chi connectivity index (χ1n) is 7.06. The fourth-order valence-corrected chi connectivity index (χ4v) is 2.13. The number of ether oxygens (including phenoxy) is 1. The van der Waals surface area contributed by atoms with Gasteiger partial charge in [-0.25, -0.2) is 9.78 Å². The third kappa shape index (κ3) is 4.66. The third-order valence-corrected chi connectivity index (χ3v) is 3.13. The molecule has 5 nitrogen and oxygen atoms in total. The van der Waals surface area contributed by atoms with Crippen LogP contribution >= 0.6 is 0 Å². The molecule has 2 rings (SSSR count). The molecule has 0 aromatic carbocycles. The maximum absolute atomic E-state index is 11.2. The van der Waals surface area contributed by atoms with Gasteiger partial charge in [0.2, 0.25) is 0 Å². The van der Waals surface area contributed by atoms with Crippen LogP contribution in [0.25, 0.3) is 6.08 Å². The number of carbonyl (C=O) groups is 1. The molecular weight excluding hydrogens is 254 g/mol. The van der Waals surface area contributed by atoms with Gasteiger partial charge in [0.05, 0.1) is 6.61 Å². The van der Waals surface area contributed by atoms with Crippen LogP contribution in [0, 0.1) is 0 Å². The molecule has 0 bridgehead atoms. The molecule has 1 aliphatic rings. The number of carbonyl (C=O) groups excluding carboxylic acids is 1. The van der Waals surface area contributed by atoms with Crippen molar-refractivity contribution in [3.63, 3.8) is 0 Å². The van der Waals surface area contributed by atoms with Gasteiger partial charge in [-0.05, 0) is 50.1 Å². The van der Waals surface area contributed by atoms with Crippen LogP contribution in [-0.4, -0.2) is 36.7 Å². The molecule has 1 aromatic rings. The Balaban J connectivity index is 1.87. The van der Waals surface area contributed by atoms with E-state index in [2.05, 4.69) is 15.6 Å². The highest BCUT2D eigenvalue weighted by Gasteiger charge is 2.12. The second kappa shape index (κ2) is 7.65. The summed E-state index contributed by atoms with van der Waals surface area (Å²) in [7, 11) is 0. The van der Waals surface area contributed by atoms with E-state index in [-0.39, 0.29) is 5.97 Å². The van der Waals surface area contributed by atoms with E-state index < -0.39 is 0 Å². The monoisotopic (exact) mass is 275 g/mol. The van der Waals surface area contributed by atoms with Gasteiger partial charge in [0, 0.05) is 24.9 Å². The first-order chi connectivity index (χ1) is 9.78. The number of nitrogens with zero attached hydrogens (tertiary/aromatic N) is 1. The number of anilines is 1. The van der Waals surface area contributed by atoms with Crippen LogP contribution in [0.2, 0.25) is 0 Å². The van der Waals surface area contributed by atoms with E-state index in [0.717, 1.165) is 24.5 Å². The normalized spacial score (nSPS) is 18.9. The molecule has 1 aliphatic heterocycles. The zero-order valence-corrected chi connectivity index (χ0v) is 11.8. The Morgan fingerprint density at radius 2 is 2.50 bits per heavy atom. The van der Waals surface area contributed by atoms with E-state index in [0.29, 0.717) is 12.6 Å². The Morgan fingerprint density at radius 3 is 3.15 bits per heavy atom. The average Bonchev–Trinajstić information content (AvgIpc) is 2.48. The lowest BCUT2D eigenvalue weighted by atomic mass is 10.1. The maximum Gasteiger partial charge on any atom is 0.330 e. The molecule has 0 unspecified atom stereocenters. The lowest BCUT2D eigenvalue weighted by Crippen LogP contribution is -2.38. The van der Waals surface area contributed by atoms with Crippen molar-refractivity contribution >= 4 is 17.9 Å². The predicted octanol–water partition coefficient (Wildman–Crippen LogP) is 1.82. The molecule has 0 radical (unpaired) electrons. The van der Waals surface area contributed by atoms with Crippen LogP contribution < -0.4 is 10.6 Å². The highest BCUT2D eigenvalue weighted by Crippen LogP contribution is 2.11. The number of piperidine rings is 1. The molecule has 2 heterocycles. The number of hydrogen-bond acceptors (Lipinski definition) is 5. The van der Waals surface area contributed by atoms with Crippen molar-refractivity contribution in [2.24, 2.45) is 0 Å². The van der Waals surface area contributed by atoms with Gasteiger partial charge in [-0.1, -0.05) is 0 Å². The Bertz CT molecular complexity index is 451. The second-order valence-electron chi connectivity index (χ2n) is 4.75. The van der Waals surface area contributed by atoms with Crippen LogP contribution in [-0.2, 0) is 9.53 Å². The molecule has 1 fully saturated rings. The molecule has 1 aromatic heterocycles. The molecular formula is C15H21N3O2. The van der Waals surface area contributed by atoms with Crippen LogP contribution in [0.5, 0.6) is 0 Å². The van der Waals surface area contributed by atoms with Crippen molar-refractivity contribution in [2.45, 2.75) is 25.8 Å². The topological polar surface area (TPSA) is 63.2 Å². The average molecular weight is 275 g/mol. The SMILES string of the molecule is CCOC(=O)/C=C/c1ccc(N[C@@H]2CCCNC2)nc1. The summed E-state index contributed by atoms with van der Waals surface area (Å²) in [6, 6.07) is 4.30. The van der Waals surface area contributed by atoms with E-state index in [1.807, 2.05) is 12.1 Å². The number of pyridine rings is 1. The highest BCUT2D eigenvalue weighted by molar-refractivity contribution is 5.86. The molecule has 0 aliphatic carbocycles. The van der Waals surface area contributed by atoms with Gasteiger partial charge in [-0.3, -0.25) is 0 Å². The van der Waals surface area contributed by atoms with Gasteiger partial charge in [0.15, 0.2) is 0 Å². The second-order valence-corrected chi connectivity index (χ2v) is 4.75. The fraction of sp³-hybridized carbons (Fsp3) is 0.467. The lowest BCUT2D eigenvalue weighted by molar-refractivity contribution is -0.137. The van der Waals surface area contributed by atoms with Gasteiger partial charge < -0.3 is 15.4 Å². The largest absolute Gasteiger partial charge is 0.463 e. The van der Waals surface area contributed by atoms with E-state index in [1.54, 1.807) is 19.2 Å². The first kappa shape index (κ1) is 14.5. The van der Waals surface area contributed by atoms with Crippen LogP contribution in [0.1, 0.15) is 25.3 Å². The quantitative estimate of drug-likeness (QED) is 0.634. The van der Waals surface area contributed by atoms with E-state index in [4.69, 9.17) is 4.74 Å². The van der Waals surface area contributed by atoms with Gasteiger partial charge in [0.1, 0.15) is 5.82 Å². The summed E-state index contributed by atoms with van der Waals surface area (Å²) in [6.45, 7) is 4.25. The number of rotatable bonds is 5. The summed E-state index contributed by atoms with van der Waals surface area (Å²) in [5.41, 5.74) is 0.880. The van der Waals surface area contributed by atoms with Crippen molar-refractivity contribution in [2.75, 3.05) is 25.0 Å². The maximum atomic E-state index is 11.2. The minimum atomic E-state index is -0.331. The summed E-state index contributed by atoms with van der Waals surface area (Å²) < 4.78 is 4.82. The standard InChI is InChI=1S/C15H21N3O2/c1-2-20-15(19)8-6-12-5-7-14(17-10-12)18-13-4-3-9-16-11-13/h5-8,10,13,16H,2-4,9,11H2,1H3,(H,17,18)/b8-6+/t13-/m1/s1. The van der Waals surface area contributed by atoms with Gasteiger partial charge in [-0.2, -0.15) is 0 Å². The molecule has 0 spiro atoms. The Hall–Kier alpha value is -1.88. The lowest BCUT2D eigenvalue weighted by Gasteiger charge is -2.24. The van der Waals surface area contributed by atoms with Crippen LogP contribution in [0.15, 0.2) is 24.4 Å². The minimum absolute atomic E-state index is 0.331. The van der Waals surface area contributed by atoms with Gasteiger partial charge in [-0.15, -0.1) is 0 Å². The van der Waals surface area contributed by atoms with Gasteiger partial charge >= 0.3 is 5.97 Å². The smallest absolute Gasteiger partial charge is 0.330 e. The molecule has 1 saturated heterocycles. The van der Waals surface area contributed by atoms with Crippen molar-refractivity contribution in [1.29, 1.82) is 0 Å². The Kier molecular flexibility index (Phi) is 5.55. The predicted molar refractivity (Wildman–Crippen MR) is 79.4 cm³/mol.